The molecule has 2 aromatic carbocycles. The summed E-state index contributed by atoms with van der Waals surface area (Å²) in [4.78, 5) is 0.357. The molecular formula is C22H29NO4S. The Labute approximate surface area is 168 Å². The van der Waals surface area contributed by atoms with Crippen LogP contribution in [0.15, 0.2) is 53.4 Å². The molecule has 1 heterocycles. The lowest BCUT2D eigenvalue weighted by Crippen LogP contribution is -2.41. The third kappa shape index (κ3) is 4.67. The first-order valence-electron chi connectivity index (χ1n) is 9.61. The van der Waals surface area contributed by atoms with Gasteiger partial charge >= 0.3 is 0 Å². The van der Waals surface area contributed by atoms with Gasteiger partial charge in [-0.2, -0.15) is 4.31 Å². The first-order chi connectivity index (χ1) is 13.2. The molecule has 0 aromatic heterocycles. The van der Waals surface area contributed by atoms with Crippen LogP contribution in [-0.4, -0.2) is 39.0 Å². The average Bonchev–Trinajstić information content (AvgIpc) is 2.68. The predicted octanol–water partition coefficient (Wildman–Crippen LogP) is 4.22. The average molecular weight is 404 g/mol. The Kier molecular flexibility index (Phi) is 6.01. The molecule has 0 radical (unpaired) electrons. The van der Waals surface area contributed by atoms with E-state index in [-0.39, 0.29) is 11.5 Å². The van der Waals surface area contributed by atoms with E-state index in [1.165, 1.54) is 0 Å². The number of hydrogen-bond donors (Lipinski definition) is 0. The summed E-state index contributed by atoms with van der Waals surface area (Å²) >= 11 is 0. The number of rotatable bonds is 5. The Morgan fingerprint density at radius 2 is 1.43 bits per heavy atom. The molecule has 152 valence electrons. The van der Waals surface area contributed by atoms with Crippen LogP contribution in [0.5, 0.6) is 11.5 Å². The lowest BCUT2D eigenvalue weighted by Gasteiger charge is -2.31. The van der Waals surface area contributed by atoms with Gasteiger partial charge in [0.2, 0.25) is 10.0 Å². The SMILES string of the molecule is COc1ccc(OC2CCN(S(=O)(=O)c3ccc(C(C)(C)C)cc3)CC2)cc1. The zero-order valence-corrected chi connectivity index (χ0v) is 17.8. The molecule has 1 saturated heterocycles. The lowest BCUT2D eigenvalue weighted by molar-refractivity contribution is 0.135. The van der Waals surface area contributed by atoms with Crippen molar-refractivity contribution in [2.45, 2.75) is 50.0 Å². The minimum Gasteiger partial charge on any atom is -0.497 e. The van der Waals surface area contributed by atoms with Gasteiger partial charge in [0, 0.05) is 13.1 Å². The van der Waals surface area contributed by atoms with E-state index in [1.54, 1.807) is 23.5 Å². The van der Waals surface area contributed by atoms with Gasteiger partial charge in [-0.1, -0.05) is 32.9 Å². The second kappa shape index (κ2) is 8.13. The summed E-state index contributed by atoms with van der Waals surface area (Å²) in [6.45, 7) is 7.27. The molecule has 1 aliphatic heterocycles. The normalized spacial score (nSPS) is 16.7. The topological polar surface area (TPSA) is 55.8 Å². The molecule has 28 heavy (non-hydrogen) atoms. The number of methoxy groups -OCH3 is 1. The zero-order chi connectivity index (χ0) is 20.4. The van der Waals surface area contributed by atoms with Gasteiger partial charge in [-0.05, 0) is 60.2 Å². The fourth-order valence-electron chi connectivity index (χ4n) is 3.31. The van der Waals surface area contributed by atoms with Crippen LogP contribution in [0.3, 0.4) is 0 Å². The third-order valence-electron chi connectivity index (χ3n) is 5.12. The van der Waals surface area contributed by atoms with Gasteiger partial charge in [0.15, 0.2) is 0 Å². The summed E-state index contributed by atoms with van der Waals surface area (Å²) in [5.41, 5.74) is 1.12. The third-order valence-corrected chi connectivity index (χ3v) is 7.03. The molecule has 5 nitrogen and oxygen atoms in total. The summed E-state index contributed by atoms with van der Waals surface area (Å²) in [7, 11) is -1.84. The van der Waals surface area contributed by atoms with E-state index in [0.29, 0.717) is 30.8 Å². The molecule has 0 atom stereocenters. The van der Waals surface area contributed by atoms with Crippen molar-refractivity contribution in [2.24, 2.45) is 0 Å². The van der Waals surface area contributed by atoms with Crippen LogP contribution in [0.4, 0.5) is 0 Å². The molecule has 0 aliphatic carbocycles. The number of sulfonamides is 1. The molecule has 0 unspecified atom stereocenters. The van der Waals surface area contributed by atoms with Crippen LogP contribution in [-0.2, 0) is 15.4 Å². The maximum atomic E-state index is 13.0. The van der Waals surface area contributed by atoms with Gasteiger partial charge < -0.3 is 9.47 Å². The van der Waals surface area contributed by atoms with E-state index in [0.717, 1.165) is 17.1 Å². The van der Waals surface area contributed by atoms with Gasteiger partial charge in [-0.15, -0.1) is 0 Å². The minimum atomic E-state index is -3.47. The predicted molar refractivity (Wildman–Crippen MR) is 111 cm³/mol. The molecule has 0 amide bonds. The summed E-state index contributed by atoms with van der Waals surface area (Å²) in [6, 6.07) is 14.7. The number of piperidine rings is 1. The minimum absolute atomic E-state index is 0.000563. The largest absolute Gasteiger partial charge is 0.497 e. The Bertz CT molecular complexity index is 876. The quantitative estimate of drug-likeness (QED) is 0.750. The van der Waals surface area contributed by atoms with Crippen molar-refractivity contribution < 1.29 is 17.9 Å². The second-order valence-electron chi connectivity index (χ2n) is 8.17. The Morgan fingerprint density at radius 3 is 1.93 bits per heavy atom. The van der Waals surface area contributed by atoms with E-state index in [4.69, 9.17) is 9.47 Å². The number of nitrogens with zero attached hydrogens (tertiary/aromatic N) is 1. The van der Waals surface area contributed by atoms with Crippen molar-refractivity contribution in [2.75, 3.05) is 20.2 Å². The molecule has 0 bridgehead atoms. The number of ether oxygens (including phenoxy) is 2. The molecule has 2 aromatic rings. The smallest absolute Gasteiger partial charge is 0.243 e. The lowest BCUT2D eigenvalue weighted by atomic mass is 9.87. The van der Waals surface area contributed by atoms with E-state index in [9.17, 15) is 8.42 Å². The summed E-state index contributed by atoms with van der Waals surface area (Å²) < 4.78 is 38.6. The molecule has 0 spiro atoms. The highest BCUT2D eigenvalue weighted by Gasteiger charge is 2.30. The molecular weight excluding hydrogens is 374 g/mol. The van der Waals surface area contributed by atoms with Crippen molar-refractivity contribution in [3.63, 3.8) is 0 Å². The molecule has 0 N–H and O–H groups in total. The standard InChI is InChI=1S/C22H29NO4S/c1-22(2,3)17-5-11-21(12-6-17)28(24,25)23-15-13-20(14-16-23)27-19-9-7-18(26-4)8-10-19/h5-12,20H,13-16H2,1-4H3. The van der Waals surface area contributed by atoms with Crippen molar-refractivity contribution in [3.05, 3.63) is 54.1 Å². The molecule has 1 fully saturated rings. The Balaban J connectivity index is 1.61. The van der Waals surface area contributed by atoms with Gasteiger partial charge in [0.05, 0.1) is 12.0 Å². The highest BCUT2D eigenvalue weighted by atomic mass is 32.2. The van der Waals surface area contributed by atoms with Crippen LogP contribution in [0.25, 0.3) is 0 Å². The van der Waals surface area contributed by atoms with Crippen LogP contribution in [0, 0.1) is 0 Å². The first-order valence-corrected chi connectivity index (χ1v) is 11.1. The molecule has 1 aliphatic rings. The summed E-state index contributed by atoms with van der Waals surface area (Å²) in [5, 5.41) is 0. The maximum absolute atomic E-state index is 13.0. The van der Waals surface area contributed by atoms with Gasteiger partial charge in [-0.3, -0.25) is 0 Å². The number of hydrogen-bond acceptors (Lipinski definition) is 4. The molecule has 3 rings (SSSR count). The van der Waals surface area contributed by atoms with Crippen LogP contribution in [0.1, 0.15) is 39.2 Å². The molecule has 6 heteroatoms. The summed E-state index contributed by atoms with van der Waals surface area (Å²) in [6.07, 6.45) is 1.36. The zero-order valence-electron chi connectivity index (χ0n) is 17.0. The monoisotopic (exact) mass is 403 g/mol. The summed E-state index contributed by atoms with van der Waals surface area (Å²) in [5.74, 6) is 1.56. The molecule has 0 saturated carbocycles. The fraction of sp³-hybridized carbons (Fsp3) is 0.455. The second-order valence-corrected chi connectivity index (χ2v) is 10.1. The van der Waals surface area contributed by atoms with E-state index >= 15 is 0 Å². The van der Waals surface area contributed by atoms with Crippen LogP contribution in [0.2, 0.25) is 0 Å². The van der Waals surface area contributed by atoms with E-state index in [2.05, 4.69) is 20.8 Å². The fourth-order valence-corrected chi connectivity index (χ4v) is 4.78. The van der Waals surface area contributed by atoms with Crippen molar-refractivity contribution >= 4 is 10.0 Å². The van der Waals surface area contributed by atoms with Gasteiger partial charge in [0.25, 0.3) is 0 Å². The maximum Gasteiger partial charge on any atom is 0.243 e. The van der Waals surface area contributed by atoms with Gasteiger partial charge in [0.1, 0.15) is 17.6 Å². The Morgan fingerprint density at radius 1 is 0.893 bits per heavy atom. The van der Waals surface area contributed by atoms with Crippen LogP contribution >= 0.6 is 0 Å². The van der Waals surface area contributed by atoms with Crippen molar-refractivity contribution in [1.82, 2.24) is 4.31 Å². The van der Waals surface area contributed by atoms with Crippen LogP contribution < -0.4 is 9.47 Å². The van der Waals surface area contributed by atoms with Crippen molar-refractivity contribution in [3.8, 4) is 11.5 Å². The first kappa shape index (κ1) is 20.7. The van der Waals surface area contributed by atoms with E-state index < -0.39 is 10.0 Å². The van der Waals surface area contributed by atoms with Gasteiger partial charge in [-0.25, -0.2) is 8.42 Å². The number of benzene rings is 2. The van der Waals surface area contributed by atoms with E-state index in [1.807, 2.05) is 36.4 Å². The highest BCUT2D eigenvalue weighted by Crippen LogP contribution is 2.27. The van der Waals surface area contributed by atoms with Crippen molar-refractivity contribution in [1.29, 1.82) is 0 Å². The Hall–Kier alpha value is -2.05. The highest BCUT2D eigenvalue weighted by molar-refractivity contribution is 7.89.